The summed E-state index contributed by atoms with van der Waals surface area (Å²) < 4.78 is 9.06. The molecule has 5 nitrogen and oxygen atoms in total. The lowest BCUT2D eigenvalue weighted by Gasteiger charge is -2.15. The van der Waals surface area contributed by atoms with Crippen molar-refractivity contribution < 1.29 is 4.42 Å². The number of rotatable bonds is 7. The van der Waals surface area contributed by atoms with Gasteiger partial charge in [-0.2, -0.15) is 0 Å². The Kier molecular flexibility index (Phi) is 7.73. The quantitative estimate of drug-likeness (QED) is 0.153. The second-order valence-electron chi connectivity index (χ2n) is 14.5. The lowest BCUT2D eigenvalue weighted by molar-refractivity contribution is 0.669. The maximum atomic E-state index is 6.64. The van der Waals surface area contributed by atoms with Crippen molar-refractivity contribution in [1.29, 1.82) is 0 Å². The van der Waals surface area contributed by atoms with E-state index >= 15 is 0 Å². The number of benzene rings is 8. The number of fused-ring (bicyclic) bond motifs is 8. The molecule has 0 unspecified atom stereocenters. The molecule has 3 aromatic heterocycles. The van der Waals surface area contributed by atoms with E-state index in [1.54, 1.807) is 12.2 Å². The molecule has 3 heterocycles. The van der Waals surface area contributed by atoms with E-state index in [4.69, 9.17) is 19.4 Å². The molecule has 0 bridgehead atoms. The van der Waals surface area contributed by atoms with Crippen LogP contribution in [0.2, 0.25) is 0 Å². The summed E-state index contributed by atoms with van der Waals surface area (Å²) in [6.07, 6.45) is 5.32. The maximum absolute atomic E-state index is 6.64. The second kappa shape index (κ2) is 13.4. The van der Waals surface area contributed by atoms with Crippen LogP contribution in [0.3, 0.4) is 0 Å². The molecule has 0 fully saturated rings. The molecule has 0 aliphatic carbocycles. The SMILES string of the molecule is C=C/C=C(\C=C)c1nc(-c2ccccc2)nc(-c2cccc3oc4cc(-c5ccc(-n6c7ccccc7c7cc8ccccc8cc76)c6ccccc56)ccc4c23)n1. The first kappa shape index (κ1) is 33.4. The Hall–Kier alpha value is -7.89. The van der Waals surface area contributed by atoms with Crippen LogP contribution in [0.5, 0.6) is 0 Å². The van der Waals surface area contributed by atoms with E-state index < -0.39 is 0 Å². The average Bonchev–Trinajstić information content (AvgIpc) is 3.82. The highest BCUT2D eigenvalue weighted by molar-refractivity contribution is 6.16. The van der Waals surface area contributed by atoms with Gasteiger partial charge < -0.3 is 8.98 Å². The largest absolute Gasteiger partial charge is 0.456 e. The van der Waals surface area contributed by atoms with Crippen molar-refractivity contribution in [2.24, 2.45) is 0 Å². The number of allylic oxidation sites excluding steroid dienone is 4. The average molecular weight is 743 g/mol. The summed E-state index contributed by atoms with van der Waals surface area (Å²) >= 11 is 0. The van der Waals surface area contributed by atoms with Crippen molar-refractivity contribution in [3.05, 3.63) is 201 Å². The number of nitrogens with zero attached hydrogens (tertiary/aromatic N) is 4. The third kappa shape index (κ3) is 5.29. The fourth-order valence-corrected chi connectivity index (χ4v) is 8.53. The van der Waals surface area contributed by atoms with E-state index in [0.29, 0.717) is 17.5 Å². The zero-order valence-electron chi connectivity index (χ0n) is 31.4. The molecule has 0 atom stereocenters. The lowest BCUT2D eigenvalue weighted by atomic mass is 9.95. The van der Waals surface area contributed by atoms with E-state index in [9.17, 15) is 0 Å². The summed E-state index contributed by atoms with van der Waals surface area (Å²) in [6, 6.07) is 57.7. The first-order valence-electron chi connectivity index (χ1n) is 19.3. The summed E-state index contributed by atoms with van der Waals surface area (Å²) in [5.41, 5.74) is 9.79. The monoisotopic (exact) mass is 742 g/mol. The minimum absolute atomic E-state index is 0.524. The van der Waals surface area contributed by atoms with Gasteiger partial charge in [0.2, 0.25) is 0 Å². The number of furan rings is 1. The highest BCUT2D eigenvalue weighted by Gasteiger charge is 2.20. The van der Waals surface area contributed by atoms with Crippen molar-refractivity contribution in [1.82, 2.24) is 19.5 Å². The number of hydrogen-bond acceptors (Lipinski definition) is 4. The predicted octanol–water partition coefficient (Wildman–Crippen LogP) is 13.9. The van der Waals surface area contributed by atoms with Crippen molar-refractivity contribution in [3.8, 4) is 39.6 Å². The Morgan fingerprint density at radius 3 is 2.07 bits per heavy atom. The molecule has 0 saturated heterocycles. The lowest BCUT2D eigenvalue weighted by Crippen LogP contribution is -2.02. The van der Waals surface area contributed by atoms with Gasteiger partial charge in [-0.15, -0.1) is 0 Å². The topological polar surface area (TPSA) is 56.7 Å². The zero-order chi connectivity index (χ0) is 38.7. The predicted molar refractivity (Wildman–Crippen MR) is 241 cm³/mol. The summed E-state index contributed by atoms with van der Waals surface area (Å²) in [5, 5.41) is 9.23. The standard InChI is InChI=1S/C53H34N4O/c1-3-15-33(4-2)51-54-52(34-16-6-5-7-17-34)56-53(55-51)43-23-14-25-48-50(43)42-27-26-37(32-49(42)58-48)38-28-29-46(40-21-11-10-20-39(38)40)57-45-24-13-12-22-41(45)44-30-35-18-8-9-19-36(35)31-47(44)57/h3-32H,1-2H2/b33-15+. The van der Waals surface area contributed by atoms with Crippen molar-refractivity contribution in [2.45, 2.75) is 0 Å². The molecule has 0 aliphatic heterocycles. The van der Waals surface area contributed by atoms with Crippen molar-refractivity contribution >= 4 is 70.9 Å². The van der Waals surface area contributed by atoms with Crippen LogP contribution in [-0.2, 0) is 0 Å². The molecule has 0 aliphatic rings. The summed E-state index contributed by atoms with van der Waals surface area (Å²) in [5.74, 6) is 1.65. The molecule has 8 aromatic carbocycles. The fourth-order valence-electron chi connectivity index (χ4n) is 8.53. The minimum atomic E-state index is 0.524. The summed E-state index contributed by atoms with van der Waals surface area (Å²) in [6.45, 7) is 7.90. The minimum Gasteiger partial charge on any atom is -0.456 e. The molecule has 58 heavy (non-hydrogen) atoms. The van der Waals surface area contributed by atoms with Gasteiger partial charge in [0.15, 0.2) is 17.5 Å². The van der Waals surface area contributed by atoms with Gasteiger partial charge in [-0.25, -0.2) is 15.0 Å². The van der Waals surface area contributed by atoms with E-state index in [1.165, 1.54) is 43.4 Å². The molecule has 5 heteroatoms. The highest BCUT2D eigenvalue weighted by atomic mass is 16.3. The first-order chi connectivity index (χ1) is 28.7. The van der Waals surface area contributed by atoms with Crippen LogP contribution in [0.15, 0.2) is 200 Å². The maximum Gasteiger partial charge on any atom is 0.164 e. The van der Waals surface area contributed by atoms with Gasteiger partial charge in [0.05, 0.1) is 16.7 Å². The Balaban J connectivity index is 1.08. The van der Waals surface area contributed by atoms with Crippen molar-refractivity contribution in [3.63, 3.8) is 0 Å². The molecule has 0 radical (unpaired) electrons. The van der Waals surface area contributed by atoms with Crippen LogP contribution in [-0.4, -0.2) is 19.5 Å². The number of hydrogen-bond donors (Lipinski definition) is 0. The molecule has 0 N–H and O–H groups in total. The third-order valence-corrected chi connectivity index (χ3v) is 11.2. The summed E-state index contributed by atoms with van der Waals surface area (Å²) in [4.78, 5) is 14.8. The van der Waals surface area contributed by atoms with Gasteiger partial charge in [-0.3, -0.25) is 0 Å². The molecule has 0 amide bonds. The highest BCUT2D eigenvalue weighted by Crippen LogP contribution is 2.42. The van der Waals surface area contributed by atoms with E-state index in [1.807, 2.05) is 54.6 Å². The van der Waals surface area contributed by atoms with Gasteiger partial charge in [-0.05, 0) is 69.8 Å². The smallest absolute Gasteiger partial charge is 0.164 e. The molecular formula is C53H34N4O. The summed E-state index contributed by atoms with van der Waals surface area (Å²) in [7, 11) is 0. The van der Waals surface area contributed by atoms with Gasteiger partial charge in [0.1, 0.15) is 11.2 Å². The molecular weight excluding hydrogens is 709 g/mol. The Bertz CT molecular complexity index is 3500. The number of para-hydroxylation sites is 1. The Morgan fingerprint density at radius 2 is 1.24 bits per heavy atom. The van der Waals surface area contributed by atoms with Crippen LogP contribution >= 0.6 is 0 Å². The van der Waals surface area contributed by atoms with Crippen molar-refractivity contribution in [2.75, 3.05) is 0 Å². The van der Waals surface area contributed by atoms with Crippen LogP contribution in [0.4, 0.5) is 0 Å². The fraction of sp³-hybridized carbons (Fsp3) is 0. The van der Waals surface area contributed by atoms with E-state index in [-0.39, 0.29) is 0 Å². The number of aromatic nitrogens is 4. The van der Waals surface area contributed by atoms with Crippen LogP contribution in [0.25, 0.3) is 110 Å². The van der Waals surface area contributed by atoms with Gasteiger partial charge in [0, 0.05) is 43.6 Å². The van der Waals surface area contributed by atoms with Gasteiger partial charge in [0.25, 0.3) is 0 Å². The Morgan fingerprint density at radius 1 is 0.500 bits per heavy atom. The third-order valence-electron chi connectivity index (χ3n) is 11.2. The van der Waals surface area contributed by atoms with E-state index in [2.05, 4.69) is 133 Å². The molecule has 11 rings (SSSR count). The second-order valence-corrected chi connectivity index (χ2v) is 14.5. The first-order valence-corrected chi connectivity index (χ1v) is 19.3. The van der Waals surface area contributed by atoms with Gasteiger partial charge >= 0.3 is 0 Å². The van der Waals surface area contributed by atoms with E-state index in [0.717, 1.165) is 55.5 Å². The molecule has 11 aromatic rings. The molecule has 0 spiro atoms. The normalized spacial score (nSPS) is 12.0. The molecule has 272 valence electrons. The van der Waals surface area contributed by atoms with Gasteiger partial charge in [-0.1, -0.05) is 153 Å². The Labute approximate surface area is 334 Å². The van der Waals surface area contributed by atoms with Crippen LogP contribution < -0.4 is 0 Å². The van der Waals surface area contributed by atoms with Crippen LogP contribution in [0.1, 0.15) is 5.82 Å². The van der Waals surface area contributed by atoms with Crippen LogP contribution in [0, 0.1) is 0 Å². The molecule has 0 saturated carbocycles. The zero-order valence-corrected chi connectivity index (χ0v) is 31.4.